The number of carboxylic acids is 1. The van der Waals surface area contributed by atoms with Crippen molar-refractivity contribution in [1.29, 1.82) is 0 Å². The minimum atomic E-state index is -0.890. The zero-order valence-corrected chi connectivity index (χ0v) is 17.0. The molecule has 0 saturated heterocycles. The van der Waals surface area contributed by atoms with Crippen molar-refractivity contribution in [3.8, 4) is 0 Å². The molecule has 0 unspecified atom stereocenters. The van der Waals surface area contributed by atoms with Gasteiger partial charge in [-0.3, -0.25) is 9.59 Å². The van der Waals surface area contributed by atoms with Gasteiger partial charge in [0, 0.05) is 4.88 Å². The number of anilines is 1. The molecule has 2 N–H and O–H groups in total. The summed E-state index contributed by atoms with van der Waals surface area (Å²) in [5.41, 5.74) is 1.29. The molecule has 148 valence electrons. The van der Waals surface area contributed by atoms with Gasteiger partial charge in [-0.1, -0.05) is 6.92 Å². The zero-order valence-electron chi connectivity index (χ0n) is 16.2. The van der Waals surface area contributed by atoms with E-state index >= 15 is 0 Å². The van der Waals surface area contributed by atoms with Crippen molar-refractivity contribution >= 4 is 34.2 Å². The molecule has 2 bridgehead atoms. The molecule has 0 spiro atoms. The molecule has 0 aromatic carbocycles. The number of hydrogen-bond acceptors (Lipinski definition) is 5. The first-order valence-corrected chi connectivity index (χ1v) is 10.4. The number of carbonyl (C=O) groups is 3. The van der Waals surface area contributed by atoms with Gasteiger partial charge in [-0.2, -0.15) is 0 Å². The second-order valence-electron chi connectivity index (χ2n) is 7.86. The quantitative estimate of drug-likeness (QED) is 0.716. The highest BCUT2D eigenvalue weighted by Gasteiger charge is 2.54. The summed E-state index contributed by atoms with van der Waals surface area (Å²) in [5, 5.41) is 13.0. The summed E-state index contributed by atoms with van der Waals surface area (Å²) in [6, 6.07) is 0. The topological polar surface area (TPSA) is 92.7 Å². The Labute approximate surface area is 163 Å². The van der Waals surface area contributed by atoms with E-state index in [1.54, 1.807) is 13.8 Å². The van der Waals surface area contributed by atoms with Crippen LogP contribution in [0.4, 0.5) is 5.00 Å². The highest BCUT2D eigenvalue weighted by Crippen LogP contribution is 2.53. The molecule has 1 aromatic rings. The number of aliphatic carboxylic acids is 1. The Bertz CT molecular complexity index is 769. The molecule has 0 aliphatic heterocycles. The maximum atomic E-state index is 13.0. The monoisotopic (exact) mass is 393 g/mol. The molecular formula is C20H27NO5S. The van der Waals surface area contributed by atoms with Gasteiger partial charge in [0.2, 0.25) is 5.91 Å². The fraction of sp³-hybridized carbons (Fsp3) is 0.650. The third kappa shape index (κ3) is 3.61. The fourth-order valence-electron chi connectivity index (χ4n) is 4.80. The average molecular weight is 394 g/mol. The molecule has 2 aliphatic rings. The van der Waals surface area contributed by atoms with E-state index in [0.29, 0.717) is 17.0 Å². The van der Waals surface area contributed by atoms with Crippen molar-refractivity contribution in [3.63, 3.8) is 0 Å². The number of carboxylic acid groups (broad SMARTS) is 1. The largest absolute Gasteiger partial charge is 0.481 e. The fourth-order valence-corrected chi connectivity index (χ4v) is 5.94. The molecule has 1 heterocycles. The minimum absolute atomic E-state index is 0.0879. The average Bonchev–Trinajstić information content (AvgIpc) is 3.25. The van der Waals surface area contributed by atoms with Crippen molar-refractivity contribution in [3.05, 3.63) is 16.0 Å². The summed E-state index contributed by atoms with van der Waals surface area (Å²) < 4.78 is 5.37. The van der Waals surface area contributed by atoms with Gasteiger partial charge < -0.3 is 15.2 Å². The van der Waals surface area contributed by atoms with Gasteiger partial charge in [-0.05, 0) is 63.9 Å². The summed E-state index contributed by atoms with van der Waals surface area (Å²) in [7, 11) is 0. The number of ether oxygens (including phenoxy) is 1. The van der Waals surface area contributed by atoms with E-state index in [9.17, 15) is 19.5 Å². The lowest BCUT2D eigenvalue weighted by atomic mass is 9.79. The lowest BCUT2D eigenvalue weighted by Crippen LogP contribution is -2.38. The normalized spacial score (nSPS) is 26.4. The van der Waals surface area contributed by atoms with Crippen LogP contribution in [-0.2, 0) is 20.7 Å². The third-order valence-electron chi connectivity index (χ3n) is 5.85. The summed E-state index contributed by atoms with van der Waals surface area (Å²) >= 11 is 1.36. The Morgan fingerprint density at radius 1 is 1.22 bits per heavy atom. The van der Waals surface area contributed by atoms with Gasteiger partial charge in [-0.15, -0.1) is 11.3 Å². The number of rotatable bonds is 6. The third-order valence-corrected chi connectivity index (χ3v) is 6.91. The number of fused-ring (bicyclic) bond motifs is 2. The number of nitrogens with one attached hydrogen (secondary N) is 1. The van der Waals surface area contributed by atoms with Crippen molar-refractivity contribution in [2.24, 2.45) is 23.7 Å². The molecule has 1 amide bonds. The van der Waals surface area contributed by atoms with E-state index in [1.165, 1.54) is 11.3 Å². The number of esters is 1. The van der Waals surface area contributed by atoms with Gasteiger partial charge in [0.05, 0.1) is 23.5 Å². The van der Waals surface area contributed by atoms with E-state index < -0.39 is 23.8 Å². The first kappa shape index (κ1) is 19.9. The molecule has 1 aromatic heterocycles. The smallest absolute Gasteiger partial charge is 0.341 e. The molecule has 4 atom stereocenters. The highest BCUT2D eigenvalue weighted by molar-refractivity contribution is 7.16. The molecular weight excluding hydrogens is 366 g/mol. The van der Waals surface area contributed by atoms with E-state index in [2.05, 4.69) is 5.32 Å². The predicted molar refractivity (Wildman–Crippen MR) is 103 cm³/mol. The number of aryl methyl sites for hydroxylation is 1. The second-order valence-corrected chi connectivity index (χ2v) is 9.09. The van der Waals surface area contributed by atoms with E-state index in [0.717, 1.165) is 29.7 Å². The van der Waals surface area contributed by atoms with Crippen LogP contribution in [0, 0.1) is 30.6 Å². The van der Waals surface area contributed by atoms with Crippen molar-refractivity contribution in [2.75, 3.05) is 5.32 Å². The van der Waals surface area contributed by atoms with Gasteiger partial charge >= 0.3 is 11.9 Å². The molecule has 0 radical (unpaired) electrons. The van der Waals surface area contributed by atoms with Crippen molar-refractivity contribution in [1.82, 2.24) is 0 Å². The molecule has 2 saturated carbocycles. The molecule has 3 rings (SSSR count). The van der Waals surface area contributed by atoms with Crippen LogP contribution in [-0.4, -0.2) is 29.1 Å². The van der Waals surface area contributed by atoms with Crippen LogP contribution in [0.2, 0.25) is 0 Å². The summed E-state index contributed by atoms with van der Waals surface area (Å²) in [4.78, 5) is 38.3. The first-order valence-electron chi connectivity index (χ1n) is 9.61. The molecule has 7 heteroatoms. The first-order chi connectivity index (χ1) is 12.7. The van der Waals surface area contributed by atoms with Crippen LogP contribution < -0.4 is 5.32 Å². The van der Waals surface area contributed by atoms with Crippen molar-refractivity contribution < 1.29 is 24.2 Å². The van der Waals surface area contributed by atoms with E-state index in [1.807, 2.05) is 13.8 Å². The molecule has 6 nitrogen and oxygen atoms in total. The van der Waals surface area contributed by atoms with Crippen LogP contribution in [0.25, 0.3) is 0 Å². The van der Waals surface area contributed by atoms with E-state index in [-0.39, 0.29) is 23.8 Å². The maximum absolute atomic E-state index is 13.0. The Morgan fingerprint density at radius 2 is 1.85 bits per heavy atom. The standard InChI is InChI=1S/C20H27NO5S/c1-5-13-10(4)27-18(16(13)20(25)26-9(2)3)21-17(22)14-11-6-7-12(8-11)15(14)19(23)24/h9,11-12,14-15H,5-8H2,1-4H3,(H,21,22)(H,23,24)/t11-,12-,14+,15+/m1/s1. The van der Waals surface area contributed by atoms with Gasteiger partial charge in [0.15, 0.2) is 0 Å². The number of amides is 1. The number of thiophene rings is 1. The Hall–Kier alpha value is -1.89. The van der Waals surface area contributed by atoms with Gasteiger partial charge in [0.1, 0.15) is 5.00 Å². The van der Waals surface area contributed by atoms with Crippen LogP contribution >= 0.6 is 11.3 Å². The minimum Gasteiger partial charge on any atom is -0.481 e. The molecule has 2 aliphatic carbocycles. The Kier molecular flexibility index (Phi) is 5.60. The lowest BCUT2D eigenvalue weighted by Gasteiger charge is -2.27. The molecule has 2 fully saturated rings. The van der Waals surface area contributed by atoms with E-state index in [4.69, 9.17) is 4.74 Å². The van der Waals surface area contributed by atoms with Crippen LogP contribution in [0.3, 0.4) is 0 Å². The molecule has 27 heavy (non-hydrogen) atoms. The van der Waals surface area contributed by atoms with Crippen LogP contribution in [0.5, 0.6) is 0 Å². The highest BCUT2D eigenvalue weighted by atomic mass is 32.1. The predicted octanol–water partition coefficient (Wildman–Crippen LogP) is 3.87. The Morgan fingerprint density at radius 3 is 2.41 bits per heavy atom. The van der Waals surface area contributed by atoms with Crippen LogP contribution in [0.1, 0.15) is 60.8 Å². The SMILES string of the molecule is CCc1c(C)sc(NC(=O)[C@H]2[C@@H]3CC[C@H](C3)[C@@H]2C(=O)O)c1C(=O)OC(C)C. The number of carbonyl (C=O) groups excluding carboxylic acids is 2. The number of hydrogen-bond donors (Lipinski definition) is 2. The van der Waals surface area contributed by atoms with Crippen molar-refractivity contribution in [2.45, 2.75) is 59.5 Å². The Balaban J connectivity index is 1.88. The zero-order chi connectivity index (χ0) is 19.9. The van der Waals surface area contributed by atoms with Crippen LogP contribution in [0.15, 0.2) is 0 Å². The van der Waals surface area contributed by atoms with Gasteiger partial charge in [0.25, 0.3) is 0 Å². The lowest BCUT2D eigenvalue weighted by molar-refractivity contribution is -0.148. The summed E-state index contributed by atoms with van der Waals surface area (Å²) in [6.07, 6.45) is 2.99. The summed E-state index contributed by atoms with van der Waals surface area (Å²) in [6.45, 7) is 7.45. The summed E-state index contributed by atoms with van der Waals surface area (Å²) in [5.74, 6) is -2.55. The second kappa shape index (κ2) is 7.62. The van der Waals surface area contributed by atoms with Gasteiger partial charge in [-0.25, -0.2) is 4.79 Å². The maximum Gasteiger partial charge on any atom is 0.341 e.